The van der Waals surface area contributed by atoms with Crippen molar-refractivity contribution in [2.24, 2.45) is 249 Å². The Kier molecular flexibility index (Phi) is 12.4. The van der Waals surface area contributed by atoms with Crippen LogP contribution in [-0.2, 0) is 0 Å². The highest BCUT2D eigenvalue weighted by molar-refractivity contribution is 5.29. The summed E-state index contributed by atoms with van der Waals surface area (Å²) in [5.74, 6) is 43.6. The minimum Gasteiger partial charge on any atom is -0.0848 e. The summed E-state index contributed by atoms with van der Waals surface area (Å²) in [5.41, 5.74) is 0. The van der Waals surface area contributed by atoms with Crippen LogP contribution in [0.2, 0.25) is 0 Å². The molecule has 16 fully saturated rings. The third-order valence-electron chi connectivity index (χ3n) is 35.8. The van der Waals surface area contributed by atoms with Gasteiger partial charge in [0.25, 0.3) is 0 Å². The smallest absolute Gasteiger partial charge is 0.0193 e. The van der Waals surface area contributed by atoms with Gasteiger partial charge in [-0.1, -0.05) is 130 Å². The summed E-state index contributed by atoms with van der Waals surface area (Å²) in [7, 11) is 0. The first-order valence-corrected chi connectivity index (χ1v) is 39.6. The van der Waals surface area contributed by atoms with Gasteiger partial charge in [-0.25, -0.2) is 0 Å². The van der Waals surface area contributed by atoms with Crippen molar-refractivity contribution < 1.29 is 0 Å². The van der Waals surface area contributed by atoms with Crippen LogP contribution in [0.5, 0.6) is 0 Å². The van der Waals surface area contributed by atoms with Crippen LogP contribution in [0.25, 0.3) is 0 Å². The summed E-state index contributed by atoms with van der Waals surface area (Å²) in [6.07, 6.45) is 83.7. The van der Waals surface area contributed by atoms with Crippen LogP contribution in [-0.4, -0.2) is 0 Å². The first kappa shape index (κ1) is 53.2. The Bertz CT molecular complexity index is 2760. The van der Waals surface area contributed by atoms with Gasteiger partial charge in [0.05, 0.1) is 0 Å². The molecule has 22 bridgehead atoms. The lowest BCUT2D eigenvalue weighted by Crippen LogP contribution is -2.36. The molecular weight excluding hydrogens is 1030 g/mol. The molecule has 458 valence electrons. The molecule has 0 heterocycles. The first-order chi connectivity index (χ1) is 42.4. The zero-order valence-electron chi connectivity index (χ0n) is 53.6. The third-order valence-corrected chi connectivity index (χ3v) is 35.8. The second-order valence-electron chi connectivity index (χ2n) is 37.6. The molecule has 42 atom stereocenters. The van der Waals surface area contributed by atoms with E-state index in [1.54, 1.807) is 89.9 Å². The maximum atomic E-state index is 2.64. The summed E-state index contributed by atoms with van der Waals surface area (Å²) < 4.78 is 0. The van der Waals surface area contributed by atoms with Gasteiger partial charge in [0.2, 0.25) is 0 Å². The fourth-order valence-electron chi connectivity index (χ4n) is 33.2. The van der Waals surface area contributed by atoms with E-state index in [9.17, 15) is 0 Å². The predicted molar refractivity (Wildman–Crippen MR) is 351 cm³/mol. The number of hydrogen-bond donors (Lipinski definition) is 0. The van der Waals surface area contributed by atoms with Gasteiger partial charge in [-0.05, 0) is 396 Å². The second-order valence-corrected chi connectivity index (χ2v) is 37.6. The average Bonchev–Trinajstić information content (AvgIpc) is 4.62. The van der Waals surface area contributed by atoms with Gasteiger partial charge in [0, 0.05) is 0 Å². The Balaban J connectivity index is 0.0000000777. The number of hydrogen-bond acceptors (Lipinski definition) is 0. The van der Waals surface area contributed by atoms with Gasteiger partial charge < -0.3 is 0 Å². The van der Waals surface area contributed by atoms with Crippen molar-refractivity contribution in [1.29, 1.82) is 0 Å². The van der Waals surface area contributed by atoms with Gasteiger partial charge in [-0.2, -0.15) is 0 Å². The van der Waals surface area contributed by atoms with E-state index in [1.165, 1.54) is 64.2 Å². The molecule has 0 nitrogen and oxygen atoms in total. The van der Waals surface area contributed by atoms with Crippen molar-refractivity contribution >= 4 is 0 Å². The molecule has 0 N–H and O–H groups in total. The molecule has 25 aliphatic carbocycles. The lowest BCUT2D eigenvalue weighted by atomic mass is 9.64. The monoisotopic (exact) mass is 1150 g/mol. The van der Waals surface area contributed by atoms with Gasteiger partial charge >= 0.3 is 0 Å². The SMILES string of the molecule is C1=CC2CC1C1C3CCC(C3)C21.C1=CC2CC1C1CC3C4C=CC(C4)C3C21.C1=CC2CC1C1CC3C4C=CC(C4)C3C3C4C=CC(C4)C3C21.C1=CC2CC1C1CCC3C4C=CC(C4)C3CCC3C4CCC(C4)C3CCC21.CCC1C2C=CC(C2)C1C. The molecule has 25 aliphatic rings. The number of allylic oxidation sites excluding steroid dienone is 18. The molecule has 0 heteroatoms. The molecule has 0 amide bonds. The molecule has 0 aliphatic heterocycles. The first-order valence-electron chi connectivity index (χ1n) is 39.6. The summed E-state index contributed by atoms with van der Waals surface area (Å²) in [5, 5.41) is 0. The van der Waals surface area contributed by atoms with Crippen LogP contribution in [0.1, 0.15) is 168 Å². The van der Waals surface area contributed by atoms with Gasteiger partial charge in [0.1, 0.15) is 0 Å². The standard InChI is InChI=1S/C27H38.C22H26.C15H18.C12H16.C10H16/c1-2-17-13-16(1)22-7-8-24-18-3-4-20(14-18)26(24)11-12-27-21-6-5-19(15-21)25(27)10-9-23(17)22;1-3-13-7-11(1)17-10-18-12-2-4-14(8-12)20(18)22-16-6-5-15(9-16)21(22)19(13)17;1-3-10-5-8(1)12-7-13-9-2-4-11(6-9)15(13)14(10)12;1-2-8-5-7(1)11-9-3-4-10(6-9)12(8)11;1-3-10-7(2)8-4-5-9(10)6-8/h1-4,16-27H,5-15H2;1-6,11-22H,7-10H2;1-4,8-15H,5-7H2;1-2,7-12H,3-6H2;4-5,7-10H,3,6H2,1-2H3. The van der Waals surface area contributed by atoms with E-state index in [-0.39, 0.29) is 0 Å². The molecule has 0 spiro atoms. The zero-order chi connectivity index (χ0) is 55.9. The van der Waals surface area contributed by atoms with Crippen molar-refractivity contribution in [3.05, 3.63) is 109 Å². The van der Waals surface area contributed by atoms with Crippen molar-refractivity contribution in [1.82, 2.24) is 0 Å². The molecule has 0 aromatic carbocycles. The Morgan fingerprint density at radius 3 is 0.791 bits per heavy atom. The Morgan fingerprint density at radius 1 is 0.198 bits per heavy atom. The van der Waals surface area contributed by atoms with Crippen molar-refractivity contribution in [3.8, 4) is 0 Å². The Labute approximate surface area is 522 Å². The van der Waals surface area contributed by atoms with E-state index in [1.807, 2.05) is 0 Å². The molecule has 42 unspecified atom stereocenters. The van der Waals surface area contributed by atoms with E-state index in [4.69, 9.17) is 0 Å². The van der Waals surface area contributed by atoms with Crippen LogP contribution in [0.15, 0.2) is 109 Å². The maximum Gasteiger partial charge on any atom is -0.0193 e. The Hall–Kier alpha value is -2.34. The van der Waals surface area contributed by atoms with Crippen LogP contribution in [0.4, 0.5) is 0 Å². The lowest BCUT2D eigenvalue weighted by molar-refractivity contribution is 0.110. The van der Waals surface area contributed by atoms with E-state index in [2.05, 4.69) is 123 Å². The zero-order valence-corrected chi connectivity index (χ0v) is 53.6. The summed E-state index contributed by atoms with van der Waals surface area (Å²) in [6, 6.07) is 0. The maximum absolute atomic E-state index is 2.64. The van der Waals surface area contributed by atoms with Gasteiger partial charge in [0.15, 0.2) is 0 Å². The normalized spacial score (nSPS) is 62.7. The number of fused-ring (bicyclic) bond motifs is 54. The molecule has 86 heavy (non-hydrogen) atoms. The highest BCUT2D eigenvalue weighted by Gasteiger charge is 2.66. The molecule has 0 aromatic heterocycles. The Morgan fingerprint density at radius 2 is 0.442 bits per heavy atom. The van der Waals surface area contributed by atoms with E-state index >= 15 is 0 Å². The topological polar surface area (TPSA) is 0 Å². The minimum absolute atomic E-state index is 0.940. The highest BCUT2D eigenvalue weighted by Crippen LogP contribution is 2.72. The molecule has 16 saturated carbocycles. The molecule has 25 rings (SSSR count). The van der Waals surface area contributed by atoms with Gasteiger partial charge in [-0.3, -0.25) is 0 Å². The third kappa shape index (κ3) is 7.76. The minimum atomic E-state index is 0.940. The molecule has 0 aromatic rings. The van der Waals surface area contributed by atoms with E-state index < -0.39 is 0 Å². The van der Waals surface area contributed by atoms with Crippen LogP contribution < -0.4 is 0 Å². The fourth-order valence-corrected chi connectivity index (χ4v) is 33.2. The molecule has 0 saturated heterocycles. The van der Waals surface area contributed by atoms with E-state index in [0.717, 1.165) is 249 Å². The quantitative estimate of drug-likeness (QED) is 0.181. The largest absolute Gasteiger partial charge is 0.0848 e. The second kappa shape index (κ2) is 20.1. The van der Waals surface area contributed by atoms with Crippen molar-refractivity contribution in [2.75, 3.05) is 0 Å². The summed E-state index contributed by atoms with van der Waals surface area (Å²) >= 11 is 0. The highest BCUT2D eigenvalue weighted by atomic mass is 14.7. The summed E-state index contributed by atoms with van der Waals surface area (Å²) in [4.78, 5) is 0. The van der Waals surface area contributed by atoms with Gasteiger partial charge in [-0.15, -0.1) is 0 Å². The molecular formula is C86H114. The van der Waals surface area contributed by atoms with Crippen LogP contribution in [0.3, 0.4) is 0 Å². The van der Waals surface area contributed by atoms with Crippen LogP contribution in [0, 0.1) is 249 Å². The van der Waals surface area contributed by atoms with Crippen molar-refractivity contribution in [3.63, 3.8) is 0 Å². The van der Waals surface area contributed by atoms with E-state index in [0.29, 0.717) is 0 Å². The predicted octanol–water partition coefficient (Wildman–Crippen LogP) is 20.6. The lowest BCUT2D eigenvalue weighted by Gasteiger charge is -2.40. The molecule has 0 radical (unpaired) electrons. The average molecular weight is 1150 g/mol. The summed E-state index contributed by atoms with van der Waals surface area (Å²) in [6.45, 7) is 4.75. The fraction of sp³-hybridized carbons (Fsp3) is 0.791. The number of rotatable bonds is 1. The van der Waals surface area contributed by atoms with Crippen molar-refractivity contribution in [2.45, 2.75) is 168 Å². The van der Waals surface area contributed by atoms with Crippen LogP contribution >= 0.6 is 0 Å².